The van der Waals surface area contributed by atoms with Crippen molar-refractivity contribution in [2.45, 2.75) is 46.1 Å². The number of nitrogens with zero attached hydrogens (tertiary/aromatic N) is 1. The minimum absolute atomic E-state index is 0.401. The van der Waals surface area contributed by atoms with Crippen LogP contribution in [0.1, 0.15) is 39.7 Å². The molecule has 0 heterocycles. The van der Waals surface area contributed by atoms with E-state index >= 15 is 0 Å². The Labute approximate surface area is 186 Å². The maximum absolute atomic E-state index is 11.3. The Kier molecular flexibility index (Phi) is 14.2. The van der Waals surface area contributed by atoms with E-state index in [1.165, 1.54) is 5.56 Å². The summed E-state index contributed by atoms with van der Waals surface area (Å²) in [5, 5.41) is 3.10. The number of nitrogen functional groups attached to an aromatic ring is 2. The van der Waals surface area contributed by atoms with Crippen LogP contribution in [0.4, 0.5) is 16.2 Å². The third-order valence-electron chi connectivity index (χ3n) is 3.66. The lowest BCUT2D eigenvalue weighted by atomic mass is 10.1. The van der Waals surface area contributed by atoms with Gasteiger partial charge in [0.05, 0.1) is 0 Å². The van der Waals surface area contributed by atoms with Gasteiger partial charge in [-0.05, 0) is 77.0 Å². The Morgan fingerprint density at radius 2 is 1.58 bits per heavy atom. The normalized spacial score (nSPS) is 9.97. The van der Waals surface area contributed by atoms with Crippen LogP contribution < -0.4 is 16.8 Å². The molecule has 0 fully saturated rings. The lowest BCUT2D eigenvalue weighted by molar-refractivity contribution is -0.117. The summed E-state index contributed by atoms with van der Waals surface area (Å²) in [5.41, 5.74) is 13.3. The van der Waals surface area contributed by atoms with Gasteiger partial charge in [-0.2, -0.15) is 0 Å². The minimum Gasteiger partial charge on any atom is -0.443 e. The zero-order chi connectivity index (χ0) is 23.7. The summed E-state index contributed by atoms with van der Waals surface area (Å²) < 4.78 is 5.00. The molecular formula is C24H38N4O3. The van der Waals surface area contributed by atoms with Crippen molar-refractivity contribution in [3.63, 3.8) is 0 Å². The van der Waals surface area contributed by atoms with Crippen molar-refractivity contribution in [1.82, 2.24) is 10.2 Å². The van der Waals surface area contributed by atoms with Gasteiger partial charge in [-0.15, -0.1) is 0 Å². The summed E-state index contributed by atoms with van der Waals surface area (Å²) in [4.78, 5) is 22.7. The molecule has 0 aliphatic rings. The molecule has 172 valence electrons. The summed E-state index contributed by atoms with van der Waals surface area (Å²) in [7, 11) is 1.96. The molecule has 2 aromatic rings. The number of carbonyl (C=O) groups excluding carboxylic acids is 2. The first-order valence-electron chi connectivity index (χ1n) is 10.4. The number of amides is 2. The molecular weight excluding hydrogens is 392 g/mol. The van der Waals surface area contributed by atoms with Gasteiger partial charge < -0.3 is 21.5 Å². The quantitative estimate of drug-likeness (QED) is 0.470. The van der Waals surface area contributed by atoms with Crippen LogP contribution >= 0.6 is 0 Å². The highest BCUT2D eigenvalue weighted by atomic mass is 16.6. The molecule has 7 heteroatoms. The Morgan fingerprint density at radius 1 is 1.03 bits per heavy atom. The summed E-state index contributed by atoms with van der Waals surface area (Å²) in [6.07, 6.45) is 1.72. The van der Waals surface area contributed by atoms with Gasteiger partial charge in [0.15, 0.2) is 0 Å². The van der Waals surface area contributed by atoms with Crippen LogP contribution in [-0.4, -0.2) is 43.1 Å². The number of para-hydroxylation sites is 1. The molecule has 2 aromatic carbocycles. The van der Waals surface area contributed by atoms with E-state index in [9.17, 15) is 9.59 Å². The number of nitrogens with two attached hydrogens (primary N) is 2. The molecule has 0 radical (unpaired) electrons. The van der Waals surface area contributed by atoms with Crippen LogP contribution in [0, 0.1) is 0 Å². The van der Waals surface area contributed by atoms with Crippen LogP contribution in [0.3, 0.4) is 0 Å². The van der Waals surface area contributed by atoms with E-state index in [-0.39, 0.29) is 0 Å². The molecule has 31 heavy (non-hydrogen) atoms. The number of imide groups is 1. The predicted octanol–water partition coefficient (Wildman–Crippen LogP) is 4.09. The monoisotopic (exact) mass is 430 g/mol. The molecule has 2 amide bonds. The van der Waals surface area contributed by atoms with Gasteiger partial charge >= 0.3 is 6.09 Å². The first-order valence-corrected chi connectivity index (χ1v) is 10.4. The Morgan fingerprint density at radius 3 is 1.97 bits per heavy atom. The lowest BCUT2D eigenvalue weighted by Crippen LogP contribution is -2.36. The van der Waals surface area contributed by atoms with Crippen molar-refractivity contribution in [2.24, 2.45) is 0 Å². The van der Waals surface area contributed by atoms with Crippen molar-refractivity contribution in [2.75, 3.05) is 31.6 Å². The van der Waals surface area contributed by atoms with E-state index in [4.69, 9.17) is 16.2 Å². The van der Waals surface area contributed by atoms with Gasteiger partial charge in [-0.25, -0.2) is 4.79 Å². The molecule has 0 bridgehead atoms. The molecule has 0 aromatic heterocycles. The largest absolute Gasteiger partial charge is 0.443 e. The standard InChI is InChI=1S/C9H14N2.C9H17NO3.C6H7N/c1-11-7-6-8-2-4-9(10)5-3-8;1-5-6-10(7-11)8(12)13-9(2,3)4;7-6-4-2-1-3-5-6/h2-5,11H,6-7,10H2,1H3;7H,5-6H2,1-4H3;1-5H,7H2. The fraction of sp³-hybridized carbons (Fsp3) is 0.417. The molecule has 0 atom stereocenters. The van der Waals surface area contributed by atoms with Crippen molar-refractivity contribution in [3.8, 4) is 0 Å². The third kappa shape index (κ3) is 15.4. The fourth-order valence-electron chi connectivity index (χ4n) is 2.16. The van der Waals surface area contributed by atoms with Crippen molar-refractivity contribution >= 4 is 23.9 Å². The topological polar surface area (TPSA) is 111 Å². The minimum atomic E-state index is -0.579. The Bertz CT molecular complexity index is 729. The van der Waals surface area contributed by atoms with Gasteiger partial charge in [0.25, 0.3) is 0 Å². The number of likely N-dealkylation sites (N-methyl/N-ethyl adjacent to an activating group) is 1. The second-order valence-corrected chi connectivity index (χ2v) is 7.78. The van der Waals surface area contributed by atoms with Crippen LogP contribution in [0.2, 0.25) is 0 Å². The number of benzene rings is 2. The predicted molar refractivity (Wildman–Crippen MR) is 129 cm³/mol. The van der Waals surface area contributed by atoms with E-state index in [1.807, 2.05) is 56.4 Å². The zero-order valence-corrected chi connectivity index (χ0v) is 19.4. The number of nitrogens with one attached hydrogen (secondary N) is 1. The van der Waals surface area contributed by atoms with Gasteiger partial charge in [-0.3, -0.25) is 9.69 Å². The molecule has 2 rings (SSSR count). The smallest absolute Gasteiger partial charge is 0.416 e. The van der Waals surface area contributed by atoms with Crippen molar-refractivity contribution in [1.29, 1.82) is 0 Å². The SMILES string of the molecule is CCCN(C=O)C(=O)OC(C)(C)C.CNCCc1ccc(N)cc1.Nc1ccccc1. The summed E-state index contributed by atoms with van der Waals surface area (Å²) >= 11 is 0. The van der Waals surface area contributed by atoms with Gasteiger partial charge in [0, 0.05) is 17.9 Å². The number of hydrogen-bond donors (Lipinski definition) is 3. The average Bonchev–Trinajstić information content (AvgIpc) is 2.72. The first-order chi connectivity index (χ1) is 14.6. The fourth-order valence-corrected chi connectivity index (χ4v) is 2.16. The highest BCUT2D eigenvalue weighted by Gasteiger charge is 2.20. The summed E-state index contributed by atoms with van der Waals surface area (Å²) in [5.74, 6) is 0. The number of carbonyl (C=O) groups is 2. The maximum Gasteiger partial charge on any atom is 0.416 e. The molecule has 0 aliphatic carbocycles. The van der Waals surface area contributed by atoms with Crippen LogP contribution in [0.25, 0.3) is 0 Å². The molecule has 0 saturated carbocycles. The van der Waals surface area contributed by atoms with Gasteiger partial charge in [0.2, 0.25) is 6.41 Å². The van der Waals surface area contributed by atoms with Gasteiger partial charge in [-0.1, -0.05) is 37.3 Å². The molecule has 7 nitrogen and oxygen atoms in total. The first kappa shape index (κ1) is 27.9. The number of hydrogen-bond acceptors (Lipinski definition) is 6. The second kappa shape index (κ2) is 15.7. The lowest BCUT2D eigenvalue weighted by Gasteiger charge is -2.23. The third-order valence-corrected chi connectivity index (χ3v) is 3.66. The van der Waals surface area contributed by atoms with E-state index in [2.05, 4.69) is 17.4 Å². The summed E-state index contributed by atoms with van der Waals surface area (Å²) in [6, 6.07) is 17.5. The molecule has 0 saturated heterocycles. The van der Waals surface area contributed by atoms with Gasteiger partial charge in [0.1, 0.15) is 5.60 Å². The Balaban J connectivity index is 0.000000452. The molecule has 0 spiro atoms. The second-order valence-electron chi connectivity index (χ2n) is 7.78. The van der Waals surface area contributed by atoms with Crippen molar-refractivity contribution in [3.05, 3.63) is 60.2 Å². The maximum atomic E-state index is 11.3. The molecule has 0 unspecified atom stereocenters. The molecule has 5 N–H and O–H groups in total. The number of ether oxygens (including phenoxy) is 1. The van der Waals surface area contributed by atoms with Crippen LogP contribution in [0.5, 0.6) is 0 Å². The number of rotatable bonds is 6. The highest BCUT2D eigenvalue weighted by molar-refractivity contribution is 5.80. The summed E-state index contributed by atoms with van der Waals surface area (Å²) in [6.45, 7) is 8.60. The highest BCUT2D eigenvalue weighted by Crippen LogP contribution is 2.09. The van der Waals surface area contributed by atoms with Crippen molar-refractivity contribution < 1.29 is 14.3 Å². The zero-order valence-electron chi connectivity index (χ0n) is 19.4. The molecule has 0 aliphatic heterocycles. The number of anilines is 2. The van der Waals surface area contributed by atoms with Crippen LogP contribution in [0.15, 0.2) is 54.6 Å². The van der Waals surface area contributed by atoms with E-state index in [1.54, 1.807) is 20.8 Å². The van der Waals surface area contributed by atoms with E-state index in [0.717, 1.165) is 35.7 Å². The van der Waals surface area contributed by atoms with E-state index < -0.39 is 11.7 Å². The Hall–Kier alpha value is -3.06. The van der Waals surface area contributed by atoms with Crippen LogP contribution in [-0.2, 0) is 16.0 Å². The van der Waals surface area contributed by atoms with E-state index in [0.29, 0.717) is 13.0 Å². The average molecular weight is 431 g/mol.